The summed E-state index contributed by atoms with van der Waals surface area (Å²) in [7, 11) is 0. The van der Waals surface area contributed by atoms with Gasteiger partial charge in [0.25, 0.3) is 0 Å². The van der Waals surface area contributed by atoms with Gasteiger partial charge in [0.2, 0.25) is 0 Å². The average Bonchev–Trinajstić information content (AvgIpc) is 2.48. The minimum atomic E-state index is 0.178. The molecule has 2 N–H and O–H groups in total. The zero-order valence-electron chi connectivity index (χ0n) is 12.8. The van der Waals surface area contributed by atoms with E-state index >= 15 is 0 Å². The van der Waals surface area contributed by atoms with Gasteiger partial charge in [-0.25, -0.2) is 0 Å². The molecule has 0 bridgehead atoms. The van der Waals surface area contributed by atoms with Crippen LogP contribution in [0.1, 0.15) is 43.9 Å². The fourth-order valence-electron chi connectivity index (χ4n) is 2.29. The lowest BCUT2D eigenvalue weighted by Crippen LogP contribution is -2.31. The van der Waals surface area contributed by atoms with Crippen LogP contribution in [0.4, 0.5) is 5.69 Å². The summed E-state index contributed by atoms with van der Waals surface area (Å²) in [6.45, 7) is 6.48. The minimum Gasteiger partial charge on any atom is -0.356 e. The van der Waals surface area contributed by atoms with Crippen LogP contribution in [0.5, 0.6) is 0 Å². The normalized spacial score (nSPS) is 12.0. The van der Waals surface area contributed by atoms with Gasteiger partial charge in [-0.05, 0) is 42.3 Å². The highest BCUT2D eigenvalue weighted by Crippen LogP contribution is 2.23. The number of thiocarbonyl (C=S) groups is 1. The summed E-state index contributed by atoms with van der Waals surface area (Å²) in [5, 5.41) is 7.30. The second kappa shape index (κ2) is 7.23. The van der Waals surface area contributed by atoms with Crippen molar-refractivity contribution >= 4 is 23.0 Å². The highest BCUT2D eigenvalue weighted by atomic mass is 32.1. The molecule has 0 aliphatic carbocycles. The molecule has 2 rings (SSSR count). The molecule has 0 heterocycles. The van der Waals surface area contributed by atoms with Crippen LogP contribution in [0.2, 0.25) is 0 Å². The van der Waals surface area contributed by atoms with Crippen LogP contribution in [-0.2, 0) is 0 Å². The van der Waals surface area contributed by atoms with Crippen molar-refractivity contribution in [3.8, 4) is 0 Å². The van der Waals surface area contributed by atoms with Crippen LogP contribution >= 0.6 is 12.2 Å². The van der Waals surface area contributed by atoms with Crippen LogP contribution in [0.15, 0.2) is 54.6 Å². The first kappa shape index (κ1) is 15.5. The third-order valence-electron chi connectivity index (χ3n) is 3.48. The molecule has 0 saturated carbocycles. The molecule has 0 spiro atoms. The Morgan fingerprint density at radius 3 is 2.19 bits per heavy atom. The molecule has 0 radical (unpaired) electrons. The topological polar surface area (TPSA) is 24.1 Å². The molecule has 21 heavy (non-hydrogen) atoms. The second-order valence-electron chi connectivity index (χ2n) is 5.47. The van der Waals surface area contributed by atoms with Crippen LogP contribution < -0.4 is 10.6 Å². The molecule has 0 aliphatic heterocycles. The Bertz CT molecular complexity index is 593. The lowest BCUT2D eigenvalue weighted by Gasteiger charge is -2.19. The first-order valence-corrected chi connectivity index (χ1v) is 7.70. The van der Waals surface area contributed by atoms with Crippen LogP contribution in [-0.4, -0.2) is 5.11 Å². The molecule has 0 unspecified atom stereocenters. The predicted octanol–water partition coefficient (Wildman–Crippen LogP) is 4.86. The van der Waals surface area contributed by atoms with Gasteiger partial charge in [-0.15, -0.1) is 0 Å². The summed E-state index contributed by atoms with van der Waals surface area (Å²) >= 11 is 5.44. The van der Waals surface area contributed by atoms with E-state index in [0.717, 1.165) is 5.69 Å². The number of anilines is 1. The summed E-state index contributed by atoms with van der Waals surface area (Å²) in [6, 6.07) is 18.8. The molecule has 0 aliphatic rings. The number of nitrogens with one attached hydrogen (secondary N) is 2. The van der Waals surface area contributed by atoms with Crippen LogP contribution in [0.3, 0.4) is 0 Å². The summed E-state index contributed by atoms with van der Waals surface area (Å²) in [5.74, 6) is 0.461. The Hall–Kier alpha value is -1.87. The van der Waals surface area contributed by atoms with Gasteiger partial charge in [-0.3, -0.25) is 0 Å². The summed E-state index contributed by atoms with van der Waals surface area (Å²) in [6.07, 6.45) is 0. The van der Waals surface area contributed by atoms with Crippen molar-refractivity contribution in [3.05, 3.63) is 65.7 Å². The van der Waals surface area contributed by atoms with E-state index in [1.54, 1.807) is 0 Å². The molecule has 0 saturated heterocycles. The van der Waals surface area contributed by atoms with E-state index in [1.807, 2.05) is 24.3 Å². The molecular weight excluding hydrogens is 276 g/mol. The molecular formula is C18H22N2S. The van der Waals surface area contributed by atoms with Crippen molar-refractivity contribution in [1.82, 2.24) is 5.32 Å². The van der Waals surface area contributed by atoms with Crippen molar-refractivity contribution < 1.29 is 0 Å². The van der Waals surface area contributed by atoms with Gasteiger partial charge >= 0.3 is 0 Å². The van der Waals surface area contributed by atoms with E-state index in [9.17, 15) is 0 Å². The minimum absolute atomic E-state index is 0.178. The molecule has 3 heteroatoms. The molecule has 2 aromatic rings. The SMILES string of the molecule is CC(C)c1ccccc1NC(=S)N[C@H](C)c1ccccc1. The zero-order chi connectivity index (χ0) is 15.2. The van der Waals surface area contributed by atoms with Gasteiger partial charge in [0.05, 0.1) is 6.04 Å². The number of rotatable bonds is 4. The molecule has 1 atom stereocenters. The van der Waals surface area contributed by atoms with E-state index < -0.39 is 0 Å². The lowest BCUT2D eigenvalue weighted by atomic mass is 10.0. The van der Waals surface area contributed by atoms with Crippen molar-refractivity contribution in [2.75, 3.05) is 5.32 Å². The number of hydrogen-bond acceptors (Lipinski definition) is 1. The molecule has 0 aromatic heterocycles. The van der Waals surface area contributed by atoms with Crippen LogP contribution in [0, 0.1) is 0 Å². The van der Waals surface area contributed by atoms with E-state index in [0.29, 0.717) is 11.0 Å². The highest BCUT2D eigenvalue weighted by Gasteiger charge is 2.09. The van der Waals surface area contributed by atoms with E-state index in [2.05, 4.69) is 61.7 Å². The van der Waals surface area contributed by atoms with Gasteiger partial charge in [0.15, 0.2) is 5.11 Å². The standard InChI is InChI=1S/C18H22N2S/c1-13(2)16-11-7-8-12-17(16)20-18(21)19-14(3)15-9-5-4-6-10-15/h4-14H,1-3H3,(H2,19,20,21)/t14-/m1/s1. The maximum absolute atomic E-state index is 5.44. The quantitative estimate of drug-likeness (QED) is 0.788. The maximum atomic E-state index is 5.44. The number of benzene rings is 2. The Balaban J connectivity index is 2.02. The van der Waals surface area contributed by atoms with Crippen molar-refractivity contribution in [2.45, 2.75) is 32.7 Å². The fraction of sp³-hybridized carbons (Fsp3) is 0.278. The molecule has 2 aromatic carbocycles. The summed E-state index contributed by atoms with van der Waals surface area (Å²) < 4.78 is 0. The molecule has 110 valence electrons. The fourth-order valence-corrected chi connectivity index (χ4v) is 2.58. The summed E-state index contributed by atoms with van der Waals surface area (Å²) in [4.78, 5) is 0. The summed E-state index contributed by atoms with van der Waals surface area (Å²) in [5.41, 5.74) is 3.57. The Labute approximate surface area is 132 Å². The average molecular weight is 298 g/mol. The van der Waals surface area contributed by atoms with Gasteiger partial charge in [0.1, 0.15) is 0 Å². The molecule has 0 fully saturated rings. The van der Waals surface area contributed by atoms with E-state index in [-0.39, 0.29) is 6.04 Å². The largest absolute Gasteiger partial charge is 0.356 e. The maximum Gasteiger partial charge on any atom is 0.171 e. The van der Waals surface area contributed by atoms with Crippen LogP contribution in [0.25, 0.3) is 0 Å². The van der Waals surface area contributed by atoms with Gasteiger partial charge in [0, 0.05) is 5.69 Å². The van der Waals surface area contributed by atoms with Crippen molar-refractivity contribution in [3.63, 3.8) is 0 Å². The molecule has 0 amide bonds. The second-order valence-corrected chi connectivity index (χ2v) is 5.88. The highest BCUT2D eigenvalue weighted by molar-refractivity contribution is 7.80. The Morgan fingerprint density at radius 2 is 1.52 bits per heavy atom. The van der Waals surface area contributed by atoms with Crippen molar-refractivity contribution in [1.29, 1.82) is 0 Å². The third kappa shape index (κ3) is 4.30. The molecule has 2 nitrogen and oxygen atoms in total. The Morgan fingerprint density at radius 1 is 0.905 bits per heavy atom. The first-order chi connectivity index (χ1) is 10.1. The third-order valence-corrected chi connectivity index (χ3v) is 3.70. The number of hydrogen-bond donors (Lipinski definition) is 2. The number of para-hydroxylation sites is 1. The first-order valence-electron chi connectivity index (χ1n) is 7.29. The van der Waals surface area contributed by atoms with E-state index in [1.165, 1.54) is 11.1 Å². The van der Waals surface area contributed by atoms with Gasteiger partial charge in [-0.1, -0.05) is 62.4 Å². The monoisotopic (exact) mass is 298 g/mol. The smallest absolute Gasteiger partial charge is 0.171 e. The predicted molar refractivity (Wildman–Crippen MR) is 94.7 cm³/mol. The van der Waals surface area contributed by atoms with Crippen molar-refractivity contribution in [2.24, 2.45) is 0 Å². The lowest BCUT2D eigenvalue weighted by molar-refractivity contribution is 0.722. The Kier molecular flexibility index (Phi) is 5.34. The van der Waals surface area contributed by atoms with Gasteiger partial charge < -0.3 is 10.6 Å². The zero-order valence-corrected chi connectivity index (χ0v) is 13.6. The van der Waals surface area contributed by atoms with E-state index in [4.69, 9.17) is 12.2 Å². The van der Waals surface area contributed by atoms with Gasteiger partial charge in [-0.2, -0.15) is 0 Å².